The Morgan fingerprint density at radius 2 is 2.07 bits per heavy atom. The first-order chi connectivity index (χ1) is 7.25. The van der Waals surface area contributed by atoms with Crippen LogP contribution < -0.4 is 5.73 Å². The van der Waals surface area contributed by atoms with Gasteiger partial charge in [0, 0.05) is 38.9 Å². The number of pyridine rings is 1. The van der Waals surface area contributed by atoms with Gasteiger partial charge in [-0.1, -0.05) is 0 Å². The molecule has 1 aromatic rings. The average Bonchev–Trinajstić information content (AvgIpc) is 2.25. The minimum atomic E-state index is 0.802. The maximum atomic E-state index is 5.87. The molecule has 1 aliphatic heterocycles. The number of hydrogen-bond acceptors (Lipinski definition) is 4. The van der Waals surface area contributed by atoms with E-state index in [1.54, 1.807) is 0 Å². The number of anilines is 1. The zero-order chi connectivity index (χ0) is 10.7. The van der Waals surface area contributed by atoms with Crippen LogP contribution in [0.2, 0.25) is 0 Å². The second kappa shape index (κ2) is 4.59. The van der Waals surface area contributed by atoms with E-state index in [-0.39, 0.29) is 0 Å². The molecule has 15 heavy (non-hydrogen) atoms. The second-order valence-electron chi connectivity index (χ2n) is 4.12. The molecule has 1 aliphatic rings. The third-order valence-electron chi connectivity index (χ3n) is 2.89. The van der Waals surface area contributed by atoms with Crippen LogP contribution in [0.3, 0.4) is 0 Å². The molecule has 2 heterocycles. The second-order valence-corrected chi connectivity index (χ2v) is 4.12. The highest BCUT2D eigenvalue weighted by atomic mass is 15.2. The highest BCUT2D eigenvalue weighted by molar-refractivity contribution is 5.41. The molecule has 1 aromatic heterocycles. The molecule has 0 saturated carbocycles. The maximum absolute atomic E-state index is 5.87. The Labute approximate surface area is 90.7 Å². The molecular formula is C11H18N4. The molecule has 4 nitrogen and oxygen atoms in total. The van der Waals surface area contributed by atoms with E-state index in [2.05, 4.69) is 21.8 Å². The van der Waals surface area contributed by atoms with Gasteiger partial charge in [-0.05, 0) is 19.2 Å². The number of hydrogen-bond donors (Lipinski definition) is 1. The SMILES string of the molecule is CN1CCN(Cc2ncccc2N)CC1. The molecule has 0 unspecified atom stereocenters. The number of piperazine rings is 1. The molecule has 1 saturated heterocycles. The van der Waals surface area contributed by atoms with Gasteiger partial charge < -0.3 is 10.6 Å². The number of nitrogens with zero attached hydrogens (tertiary/aromatic N) is 3. The molecule has 82 valence electrons. The van der Waals surface area contributed by atoms with Crippen molar-refractivity contribution in [3.05, 3.63) is 24.0 Å². The predicted octanol–water partition coefficient (Wildman–Crippen LogP) is 0.411. The van der Waals surface area contributed by atoms with Crippen LogP contribution in [0, 0.1) is 0 Å². The summed E-state index contributed by atoms with van der Waals surface area (Å²) < 4.78 is 0. The van der Waals surface area contributed by atoms with E-state index >= 15 is 0 Å². The molecule has 0 aliphatic carbocycles. The molecule has 0 amide bonds. The van der Waals surface area contributed by atoms with Gasteiger partial charge in [-0.2, -0.15) is 0 Å². The topological polar surface area (TPSA) is 45.4 Å². The Hall–Kier alpha value is -1.13. The minimum Gasteiger partial charge on any atom is -0.397 e. The van der Waals surface area contributed by atoms with E-state index in [0.717, 1.165) is 44.1 Å². The summed E-state index contributed by atoms with van der Waals surface area (Å²) in [6, 6.07) is 3.79. The first-order valence-corrected chi connectivity index (χ1v) is 5.36. The van der Waals surface area contributed by atoms with Crippen LogP contribution in [-0.2, 0) is 6.54 Å². The number of rotatable bonds is 2. The van der Waals surface area contributed by atoms with E-state index in [1.807, 2.05) is 18.3 Å². The lowest BCUT2D eigenvalue weighted by atomic mass is 10.2. The maximum Gasteiger partial charge on any atom is 0.0772 e. The first kappa shape index (κ1) is 10.4. The Balaban J connectivity index is 1.95. The van der Waals surface area contributed by atoms with Crippen molar-refractivity contribution in [3.63, 3.8) is 0 Å². The fourth-order valence-corrected chi connectivity index (χ4v) is 1.80. The van der Waals surface area contributed by atoms with Gasteiger partial charge in [-0.15, -0.1) is 0 Å². The van der Waals surface area contributed by atoms with Gasteiger partial charge >= 0.3 is 0 Å². The van der Waals surface area contributed by atoms with Crippen molar-refractivity contribution in [1.82, 2.24) is 14.8 Å². The molecular weight excluding hydrogens is 188 g/mol. The summed E-state index contributed by atoms with van der Waals surface area (Å²) in [5, 5.41) is 0. The lowest BCUT2D eigenvalue weighted by Gasteiger charge is -2.32. The summed E-state index contributed by atoms with van der Waals surface area (Å²) in [5.41, 5.74) is 7.67. The lowest BCUT2D eigenvalue weighted by molar-refractivity contribution is 0.147. The average molecular weight is 206 g/mol. The van der Waals surface area contributed by atoms with Gasteiger partial charge in [0.15, 0.2) is 0 Å². The summed E-state index contributed by atoms with van der Waals surface area (Å²) in [6.45, 7) is 5.35. The van der Waals surface area contributed by atoms with Crippen LogP contribution in [0.1, 0.15) is 5.69 Å². The zero-order valence-corrected chi connectivity index (χ0v) is 9.19. The summed E-state index contributed by atoms with van der Waals surface area (Å²) >= 11 is 0. The Morgan fingerprint density at radius 3 is 2.73 bits per heavy atom. The van der Waals surface area contributed by atoms with Gasteiger partial charge in [0.1, 0.15) is 0 Å². The van der Waals surface area contributed by atoms with Crippen molar-refractivity contribution >= 4 is 5.69 Å². The van der Waals surface area contributed by atoms with Gasteiger partial charge in [-0.3, -0.25) is 9.88 Å². The number of likely N-dealkylation sites (N-methyl/N-ethyl adjacent to an activating group) is 1. The van der Waals surface area contributed by atoms with Crippen LogP contribution in [0.4, 0.5) is 5.69 Å². The third kappa shape index (κ3) is 2.67. The number of nitrogens with two attached hydrogens (primary N) is 1. The molecule has 4 heteroatoms. The van der Waals surface area contributed by atoms with Crippen LogP contribution >= 0.6 is 0 Å². The van der Waals surface area contributed by atoms with Gasteiger partial charge in [0.2, 0.25) is 0 Å². The number of aromatic nitrogens is 1. The van der Waals surface area contributed by atoms with Crippen molar-refractivity contribution in [3.8, 4) is 0 Å². The highest BCUT2D eigenvalue weighted by Gasteiger charge is 2.14. The van der Waals surface area contributed by atoms with E-state index in [0.29, 0.717) is 0 Å². The Morgan fingerprint density at radius 1 is 1.33 bits per heavy atom. The molecule has 0 bridgehead atoms. The smallest absolute Gasteiger partial charge is 0.0772 e. The van der Waals surface area contributed by atoms with Gasteiger partial charge in [0.25, 0.3) is 0 Å². The third-order valence-corrected chi connectivity index (χ3v) is 2.89. The zero-order valence-electron chi connectivity index (χ0n) is 9.19. The van der Waals surface area contributed by atoms with Crippen molar-refractivity contribution in [1.29, 1.82) is 0 Å². The molecule has 1 fully saturated rings. The summed E-state index contributed by atoms with van der Waals surface area (Å²) in [6.07, 6.45) is 1.81. The molecule has 0 spiro atoms. The van der Waals surface area contributed by atoms with Gasteiger partial charge in [0.05, 0.1) is 11.4 Å². The Bertz CT molecular complexity index is 318. The normalized spacial score (nSPS) is 19.3. The minimum absolute atomic E-state index is 0.802. The van der Waals surface area contributed by atoms with Crippen LogP contribution in [0.5, 0.6) is 0 Å². The van der Waals surface area contributed by atoms with E-state index in [4.69, 9.17) is 5.73 Å². The summed E-state index contributed by atoms with van der Waals surface area (Å²) in [7, 11) is 2.16. The standard InChI is InChI=1S/C11H18N4/c1-14-5-7-15(8-6-14)9-11-10(12)3-2-4-13-11/h2-4H,5-9,12H2,1H3. The first-order valence-electron chi connectivity index (χ1n) is 5.36. The number of nitrogen functional groups attached to an aromatic ring is 1. The lowest BCUT2D eigenvalue weighted by Crippen LogP contribution is -2.44. The summed E-state index contributed by atoms with van der Waals surface area (Å²) in [4.78, 5) is 9.06. The van der Waals surface area contributed by atoms with E-state index in [9.17, 15) is 0 Å². The van der Waals surface area contributed by atoms with E-state index < -0.39 is 0 Å². The molecule has 0 atom stereocenters. The quantitative estimate of drug-likeness (QED) is 0.761. The van der Waals surface area contributed by atoms with Crippen molar-refractivity contribution in [2.45, 2.75) is 6.54 Å². The Kier molecular flexibility index (Phi) is 3.18. The largest absolute Gasteiger partial charge is 0.397 e. The van der Waals surface area contributed by atoms with Crippen molar-refractivity contribution in [2.75, 3.05) is 39.0 Å². The molecule has 0 radical (unpaired) electrons. The molecule has 2 rings (SSSR count). The fourth-order valence-electron chi connectivity index (χ4n) is 1.80. The van der Waals surface area contributed by atoms with E-state index in [1.165, 1.54) is 0 Å². The predicted molar refractivity (Wildman–Crippen MR) is 61.4 cm³/mol. The van der Waals surface area contributed by atoms with Crippen molar-refractivity contribution < 1.29 is 0 Å². The van der Waals surface area contributed by atoms with Crippen molar-refractivity contribution in [2.24, 2.45) is 0 Å². The highest BCUT2D eigenvalue weighted by Crippen LogP contribution is 2.11. The van der Waals surface area contributed by atoms with Crippen LogP contribution in [-0.4, -0.2) is 48.0 Å². The molecule has 2 N–H and O–H groups in total. The van der Waals surface area contributed by atoms with Crippen LogP contribution in [0.15, 0.2) is 18.3 Å². The summed E-state index contributed by atoms with van der Waals surface area (Å²) in [5.74, 6) is 0. The van der Waals surface area contributed by atoms with Crippen LogP contribution in [0.25, 0.3) is 0 Å². The molecule has 0 aromatic carbocycles. The fraction of sp³-hybridized carbons (Fsp3) is 0.545. The van der Waals surface area contributed by atoms with Gasteiger partial charge in [-0.25, -0.2) is 0 Å². The monoisotopic (exact) mass is 206 g/mol.